The Labute approximate surface area is 111 Å². The van der Waals surface area contributed by atoms with Gasteiger partial charge in [-0.25, -0.2) is 0 Å². The van der Waals surface area contributed by atoms with Crippen molar-refractivity contribution in [1.29, 1.82) is 0 Å². The highest BCUT2D eigenvalue weighted by Crippen LogP contribution is 2.33. The summed E-state index contributed by atoms with van der Waals surface area (Å²) < 4.78 is 6.17. The van der Waals surface area contributed by atoms with Gasteiger partial charge in [-0.15, -0.1) is 0 Å². The molecule has 0 amide bonds. The maximum absolute atomic E-state index is 6.17. The fraction of sp³-hybridized carbons (Fsp3) is 0.625. The maximum atomic E-state index is 6.17. The second-order valence-electron chi connectivity index (χ2n) is 6.17. The number of hydrogen-bond acceptors (Lipinski definition) is 2. The topological polar surface area (TPSA) is 21.3 Å². The highest BCUT2D eigenvalue weighted by molar-refractivity contribution is 5.41. The Morgan fingerprint density at radius 2 is 2.11 bits per heavy atom. The maximum Gasteiger partial charge on any atom is 0.123 e. The lowest BCUT2D eigenvalue weighted by molar-refractivity contribution is 0.218. The molecule has 1 atom stereocenters. The summed E-state index contributed by atoms with van der Waals surface area (Å²) >= 11 is 0. The highest BCUT2D eigenvalue weighted by atomic mass is 16.5. The van der Waals surface area contributed by atoms with Crippen LogP contribution in [0.4, 0.5) is 0 Å². The average molecular weight is 247 g/mol. The molecule has 0 saturated carbocycles. The van der Waals surface area contributed by atoms with Gasteiger partial charge in [-0.05, 0) is 42.0 Å². The quantitative estimate of drug-likeness (QED) is 0.885. The third-order valence-electron chi connectivity index (χ3n) is 3.57. The Bertz CT molecular complexity index is 400. The van der Waals surface area contributed by atoms with Gasteiger partial charge in [0.2, 0.25) is 0 Å². The molecule has 0 radical (unpaired) electrons. The Morgan fingerprint density at radius 1 is 1.33 bits per heavy atom. The molecule has 0 aromatic heterocycles. The zero-order valence-electron chi connectivity index (χ0n) is 12.0. The Kier molecular flexibility index (Phi) is 3.96. The van der Waals surface area contributed by atoms with Gasteiger partial charge in [-0.3, -0.25) is 0 Å². The third-order valence-corrected chi connectivity index (χ3v) is 3.57. The van der Waals surface area contributed by atoms with Crippen LogP contribution in [0.3, 0.4) is 0 Å². The van der Waals surface area contributed by atoms with Gasteiger partial charge in [0.25, 0.3) is 0 Å². The first-order chi connectivity index (χ1) is 8.50. The van der Waals surface area contributed by atoms with Crippen molar-refractivity contribution in [2.24, 2.45) is 0 Å². The molecule has 1 aliphatic heterocycles. The molecule has 2 rings (SSSR count). The van der Waals surface area contributed by atoms with Crippen molar-refractivity contribution >= 4 is 0 Å². The molecular formula is C16H25NO. The van der Waals surface area contributed by atoms with E-state index in [9.17, 15) is 0 Å². The van der Waals surface area contributed by atoms with Crippen LogP contribution in [0, 0.1) is 0 Å². The molecule has 0 aliphatic carbocycles. The van der Waals surface area contributed by atoms with Gasteiger partial charge < -0.3 is 10.1 Å². The molecule has 2 nitrogen and oxygen atoms in total. The molecule has 1 saturated heterocycles. The number of nitrogens with one attached hydrogen (secondary N) is 1. The van der Waals surface area contributed by atoms with Crippen molar-refractivity contribution < 1.29 is 4.74 Å². The predicted molar refractivity (Wildman–Crippen MR) is 76.4 cm³/mol. The van der Waals surface area contributed by atoms with Gasteiger partial charge in [-0.2, -0.15) is 0 Å². The van der Waals surface area contributed by atoms with E-state index < -0.39 is 0 Å². The standard InChI is InChI=1S/C16H25NO/c1-5-12-6-7-15(14(10-12)16(2,3)4)18-13-8-9-17-11-13/h6-7,10,13,17H,5,8-9,11H2,1-4H3/t13-/m1/s1. The van der Waals surface area contributed by atoms with E-state index in [-0.39, 0.29) is 5.41 Å². The van der Waals surface area contributed by atoms with E-state index >= 15 is 0 Å². The molecular weight excluding hydrogens is 222 g/mol. The molecule has 1 aromatic carbocycles. The fourth-order valence-corrected chi connectivity index (χ4v) is 2.39. The monoisotopic (exact) mass is 247 g/mol. The average Bonchev–Trinajstić information content (AvgIpc) is 2.81. The molecule has 100 valence electrons. The van der Waals surface area contributed by atoms with Crippen LogP contribution in [0.1, 0.15) is 45.2 Å². The summed E-state index contributed by atoms with van der Waals surface area (Å²) in [4.78, 5) is 0. The fourth-order valence-electron chi connectivity index (χ4n) is 2.39. The van der Waals surface area contributed by atoms with Gasteiger partial charge in [0.15, 0.2) is 0 Å². The van der Waals surface area contributed by atoms with Crippen LogP contribution in [-0.4, -0.2) is 19.2 Å². The molecule has 0 spiro atoms. The minimum Gasteiger partial charge on any atom is -0.489 e. The molecule has 1 heterocycles. The Hall–Kier alpha value is -1.02. The first-order valence-electron chi connectivity index (χ1n) is 7.01. The first-order valence-corrected chi connectivity index (χ1v) is 7.01. The van der Waals surface area contributed by atoms with Crippen LogP contribution < -0.4 is 10.1 Å². The van der Waals surface area contributed by atoms with Crippen LogP contribution in [-0.2, 0) is 11.8 Å². The number of rotatable bonds is 3. The minimum absolute atomic E-state index is 0.131. The van der Waals surface area contributed by atoms with Crippen LogP contribution in [0.25, 0.3) is 0 Å². The molecule has 1 aromatic rings. The zero-order chi connectivity index (χ0) is 13.2. The minimum atomic E-state index is 0.131. The summed E-state index contributed by atoms with van der Waals surface area (Å²) in [6.07, 6.45) is 2.52. The largest absolute Gasteiger partial charge is 0.489 e. The van der Waals surface area contributed by atoms with E-state index in [0.29, 0.717) is 6.10 Å². The van der Waals surface area contributed by atoms with E-state index in [1.54, 1.807) is 0 Å². The van der Waals surface area contributed by atoms with E-state index in [1.165, 1.54) is 11.1 Å². The van der Waals surface area contributed by atoms with Crippen molar-refractivity contribution in [3.05, 3.63) is 29.3 Å². The molecule has 18 heavy (non-hydrogen) atoms. The lowest BCUT2D eigenvalue weighted by atomic mass is 9.85. The van der Waals surface area contributed by atoms with E-state index in [2.05, 4.69) is 51.2 Å². The summed E-state index contributed by atoms with van der Waals surface area (Å²) in [5.74, 6) is 1.06. The summed E-state index contributed by atoms with van der Waals surface area (Å²) in [7, 11) is 0. The van der Waals surface area contributed by atoms with Crippen molar-refractivity contribution in [1.82, 2.24) is 5.32 Å². The Balaban J connectivity index is 2.27. The van der Waals surface area contributed by atoms with Crippen LogP contribution >= 0.6 is 0 Å². The smallest absolute Gasteiger partial charge is 0.123 e. The summed E-state index contributed by atoms with van der Waals surface area (Å²) in [6, 6.07) is 6.64. The summed E-state index contributed by atoms with van der Waals surface area (Å²) in [5.41, 5.74) is 2.84. The molecule has 1 aliphatic rings. The van der Waals surface area contributed by atoms with Crippen molar-refractivity contribution in [2.75, 3.05) is 13.1 Å². The van der Waals surface area contributed by atoms with Crippen LogP contribution in [0.2, 0.25) is 0 Å². The van der Waals surface area contributed by atoms with Crippen LogP contribution in [0.5, 0.6) is 5.75 Å². The molecule has 0 unspecified atom stereocenters. The Morgan fingerprint density at radius 3 is 2.67 bits per heavy atom. The molecule has 1 fully saturated rings. The molecule has 1 N–H and O–H groups in total. The highest BCUT2D eigenvalue weighted by Gasteiger charge is 2.23. The number of benzene rings is 1. The molecule has 0 bridgehead atoms. The number of hydrogen-bond donors (Lipinski definition) is 1. The van der Waals surface area contributed by atoms with Gasteiger partial charge >= 0.3 is 0 Å². The van der Waals surface area contributed by atoms with E-state index in [4.69, 9.17) is 4.74 Å². The second-order valence-corrected chi connectivity index (χ2v) is 6.17. The van der Waals surface area contributed by atoms with Crippen molar-refractivity contribution in [2.45, 2.75) is 52.1 Å². The number of aryl methyl sites for hydroxylation is 1. The van der Waals surface area contributed by atoms with E-state index in [0.717, 1.165) is 31.7 Å². The zero-order valence-corrected chi connectivity index (χ0v) is 12.0. The van der Waals surface area contributed by atoms with Gasteiger partial charge in [0, 0.05) is 6.54 Å². The van der Waals surface area contributed by atoms with Gasteiger partial charge in [0.05, 0.1) is 0 Å². The lowest BCUT2D eigenvalue weighted by Crippen LogP contribution is -2.22. The predicted octanol–water partition coefficient (Wildman–Crippen LogP) is 3.29. The summed E-state index contributed by atoms with van der Waals surface area (Å²) in [5, 5.41) is 3.35. The molecule has 2 heteroatoms. The van der Waals surface area contributed by atoms with Crippen molar-refractivity contribution in [3.8, 4) is 5.75 Å². The van der Waals surface area contributed by atoms with Gasteiger partial charge in [0.1, 0.15) is 11.9 Å². The van der Waals surface area contributed by atoms with Gasteiger partial charge in [-0.1, -0.05) is 39.8 Å². The summed E-state index contributed by atoms with van der Waals surface area (Å²) in [6.45, 7) is 11.0. The second kappa shape index (κ2) is 5.31. The third kappa shape index (κ3) is 3.05. The normalized spacial score (nSPS) is 20.1. The SMILES string of the molecule is CCc1ccc(O[C@@H]2CCNC2)c(C(C)(C)C)c1. The van der Waals surface area contributed by atoms with Crippen molar-refractivity contribution in [3.63, 3.8) is 0 Å². The lowest BCUT2D eigenvalue weighted by Gasteiger charge is -2.25. The first kappa shape index (κ1) is 13.4. The number of ether oxygens (including phenoxy) is 1. The van der Waals surface area contributed by atoms with E-state index in [1.807, 2.05) is 0 Å². The van der Waals surface area contributed by atoms with Crippen LogP contribution in [0.15, 0.2) is 18.2 Å².